The lowest BCUT2D eigenvalue weighted by atomic mass is 10.0. The van der Waals surface area contributed by atoms with Gasteiger partial charge in [0, 0.05) is 41.7 Å². The van der Waals surface area contributed by atoms with Crippen molar-refractivity contribution in [1.82, 2.24) is 15.3 Å². The lowest BCUT2D eigenvalue weighted by Gasteiger charge is -2.16. The van der Waals surface area contributed by atoms with E-state index in [0.29, 0.717) is 6.54 Å². The van der Waals surface area contributed by atoms with Crippen LogP contribution in [0.15, 0.2) is 53.8 Å². The fourth-order valence-corrected chi connectivity index (χ4v) is 3.37. The molecule has 0 bridgehead atoms. The summed E-state index contributed by atoms with van der Waals surface area (Å²) in [7, 11) is 0. The minimum Gasteiger partial charge on any atom is -0.390 e. The number of hydrogen-bond acceptors (Lipinski definition) is 4. The highest BCUT2D eigenvalue weighted by molar-refractivity contribution is 5.99. The molecule has 0 saturated carbocycles. The molecule has 3 heterocycles. The summed E-state index contributed by atoms with van der Waals surface area (Å²) >= 11 is 0. The number of H-pyrrole nitrogens is 1. The molecule has 0 saturated heterocycles. The number of nitrogens with one attached hydrogen (secondary N) is 2. The largest absolute Gasteiger partial charge is 0.390 e. The van der Waals surface area contributed by atoms with Crippen LogP contribution in [0.1, 0.15) is 49.3 Å². The van der Waals surface area contributed by atoms with Crippen LogP contribution in [0, 0.1) is 0 Å². The first kappa shape index (κ1) is 19.9. The Morgan fingerprint density at radius 3 is 2.73 bits per heavy atom. The van der Waals surface area contributed by atoms with Gasteiger partial charge in [-0.15, -0.1) is 0 Å². The van der Waals surface area contributed by atoms with Crippen LogP contribution in [0.25, 0.3) is 22.5 Å². The topological polar surface area (TPSA) is 79.4 Å². The molecule has 154 valence electrons. The van der Waals surface area contributed by atoms with Crippen LogP contribution in [0.2, 0.25) is 0 Å². The van der Waals surface area contributed by atoms with Crippen LogP contribution in [0.3, 0.4) is 0 Å². The molecule has 0 atom stereocenters. The molecule has 1 amide bonds. The van der Waals surface area contributed by atoms with Crippen molar-refractivity contribution >= 4 is 11.6 Å². The average Bonchev–Trinajstić information content (AvgIpc) is 3.18. The van der Waals surface area contributed by atoms with Crippen molar-refractivity contribution in [3.05, 3.63) is 65.5 Å². The van der Waals surface area contributed by atoms with Crippen molar-refractivity contribution in [2.75, 3.05) is 6.54 Å². The first-order valence-electron chi connectivity index (χ1n) is 10.1. The molecule has 1 aromatic carbocycles. The third-order valence-electron chi connectivity index (χ3n) is 4.91. The van der Waals surface area contributed by atoms with Gasteiger partial charge in [-0.3, -0.25) is 9.78 Å². The summed E-state index contributed by atoms with van der Waals surface area (Å²) in [6, 6.07) is 14.0. The molecule has 0 spiro atoms. The van der Waals surface area contributed by atoms with E-state index in [2.05, 4.69) is 26.5 Å². The molecular formula is C24H26N4O2. The highest BCUT2D eigenvalue weighted by Crippen LogP contribution is 2.27. The van der Waals surface area contributed by atoms with Crippen LogP contribution in [-0.4, -0.2) is 33.7 Å². The second-order valence-electron chi connectivity index (χ2n) is 8.47. The molecule has 1 aliphatic heterocycles. The average molecular weight is 402 g/mol. The maximum Gasteiger partial charge on any atom is 0.253 e. The van der Waals surface area contributed by atoms with Gasteiger partial charge in [-0.05, 0) is 57.5 Å². The SMILES string of the molecule is C/C(=N\OC(C)(C)C)c1cccc(-c2cc(-c3cc4c([nH]3)CCNC4=O)ccn2)c1. The Morgan fingerprint density at radius 2 is 1.97 bits per heavy atom. The number of aromatic amines is 1. The lowest BCUT2D eigenvalue weighted by molar-refractivity contribution is 0.000953. The number of fused-ring (bicyclic) bond motifs is 1. The number of hydrogen-bond donors (Lipinski definition) is 2. The van der Waals surface area contributed by atoms with Gasteiger partial charge in [0.15, 0.2) is 0 Å². The predicted octanol–water partition coefficient (Wildman–Crippen LogP) is 4.57. The smallest absolute Gasteiger partial charge is 0.253 e. The number of rotatable bonds is 4. The Kier molecular flexibility index (Phi) is 5.16. The van der Waals surface area contributed by atoms with E-state index in [1.165, 1.54) is 0 Å². The molecule has 0 unspecified atom stereocenters. The van der Waals surface area contributed by atoms with E-state index in [9.17, 15) is 4.79 Å². The minimum absolute atomic E-state index is 0.0204. The molecule has 4 rings (SSSR count). The number of pyridine rings is 1. The summed E-state index contributed by atoms with van der Waals surface area (Å²) < 4.78 is 0. The van der Waals surface area contributed by atoms with Crippen molar-refractivity contribution in [3.8, 4) is 22.5 Å². The number of nitrogens with zero attached hydrogens (tertiary/aromatic N) is 2. The summed E-state index contributed by atoms with van der Waals surface area (Å²) in [6.45, 7) is 8.51. The van der Waals surface area contributed by atoms with E-state index in [1.54, 1.807) is 6.20 Å². The number of aromatic nitrogens is 2. The summed E-state index contributed by atoms with van der Waals surface area (Å²) in [5, 5.41) is 7.15. The maximum absolute atomic E-state index is 12.1. The first-order chi connectivity index (χ1) is 14.3. The van der Waals surface area contributed by atoms with Crippen molar-refractivity contribution in [2.24, 2.45) is 5.16 Å². The number of amides is 1. The zero-order valence-corrected chi connectivity index (χ0v) is 17.7. The summed E-state index contributed by atoms with van der Waals surface area (Å²) in [4.78, 5) is 25.6. The quantitative estimate of drug-likeness (QED) is 0.496. The molecule has 1 aliphatic rings. The van der Waals surface area contributed by atoms with E-state index in [4.69, 9.17) is 4.84 Å². The Balaban J connectivity index is 1.64. The Bertz CT molecular complexity index is 1120. The molecular weight excluding hydrogens is 376 g/mol. The second kappa shape index (κ2) is 7.78. The van der Waals surface area contributed by atoms with Gasteiger partial charge in [-0.1, -0.05) is 23.4 Å². The Labute approximate surface area is 176 Å². The zero-order chi connectivity index (χ0) is 21.3. The first-order valence-corrected chi connectivity index (χ1v) is 10.1. The van der Waals surface area contributed by atoms with Crippen LogP contribution in [0.5, 0.6) is 0 Å². The monoisotopic (exact) mass is 402 g/mol. The Hall–Kier alpha value is -3.41. The summed E-state index contributed by atoms with van der Waals surface area (Å²) in [6.07, 6.45) is 2.61. The normalized spacial score (nSPS) is 14.3. The molecule has 6 heteroatoms. The van der Waals surface area contributed by atoms with Crippen molar-refractivity contribution in [1.29, 1.82) is 0 Å². The minimum atomic E-state index is -0.332. The van der Waals surface area contributed by atoms with Crippen LogP contribution in [0.4, 0.5) is 0 Å². The van der Waals surface area contributed by atoms with Crippen molar-refractivity contribution < 1.29 is 9.63 Å². The summed E-state index contributed by atoms with van der Waals surface area (Å²) in [5.74, 6) is -0.0204. The molecule has 30 heavy (non-hydrogen) atoms. The van der Waals surface area contributed by atoms with Gasteiger partial charge in [0.1, 0.15) is 5.60 Å². The van der Waals surface area contributed by atoms with Gasteiger partial charge in [0.05, 0.1) is 17.0 Å². The third-order valence-corrected chi connectivity index (χ3v) is 4.91. The van der Waals surface area contributed by atoms with Gasteiger partial charge in [0.2, 0.25) is 0 Å². The van der Waals surface area contributed by atoms with E-state index in [1.807, 2.05) is 64.1 Å². The third kappa shape index (κ3) is 4.27. The van der Waals surface area contributed by atoms with E-state index >= 15 is 0 Å². The van der Waals surface area contributed by atoms with Gasteiger partial charge in [-0.2, -0.15) is 0 Å². The fourth-order valence-electron chi connectivity index (χ4n) is 3.37. The van der Waals surface area contributed by atoms with Crippen LogP contribution in [-0.2, 0) is 11.3 Å². The molecule has 2 aromatic heterocycles. The zero-order valence-electron chi connectivity index (χ0n) is 17.7. The number of carbonyl (C=O) groups is 1. The number of benzene rings is 1. The molecule has 6 nitrogen and oxygen atoms in total. The Morgan fingerprint density at radius 1 is 1.13 bits per heavy atom. The van der Waals surface area contributed by atoms with Crippen molar-refractivity contribution in [3.63, 3.8) is 0 Å². The molecule has 0 fully saturated rings. The van der Waals surface area contributed by atoms with E-state index in [0.717, 1.165) is 51.5 Å². The van der Waals surface area contributed by atoms with Crippen LogP contribution >= 0.6 is 0 Å². The molecule has 3 aromatic rings. The molecule has 0 aliphatic carbocycles. The van der Waals surface area contributed by atoms with Gasteiger partial charge < -0.3 is 15.1 Å². The number of oxime groups is 1. The fraction of sp³-hybridized carbons (Fsp3) is 0.292. The van der Waals surface area contributed by atoms with Crippen molar-refractivity contribution in [2.45, 2.75) is 39.7 Å². The standard InChI is InChI=1S/C24H26N4O2/c1-15(28-30-24(2,3)4)16-6-5-7-17(12-16)21-13-18(8-10-25-21)22-14-19-20(27-22)9-11-26-23(19)29/h5-8,10,12-14,27H,9,11H2,1-4H3,(H,26,29)/b28-15+. The van der Waals surface area contributed by atoms with E-state index in [-0.39, 0.29) is 11.5 Å². The lowest BCUT2D eigenvalue weighted by Crippen LogP contribution is -2.31. The van der Waals surface area contributed by atoms with Crippen LogP contribution < -0.4 is 5.32 Å². The number of carbonyl (C=O) groups excluding carboxylic acids is 1. The van der Waals surface area contributed by atoms with Gasteiger partial charge >= 0.3 is 0 Å². The predicted molar refractivity (Wildman–Crippen MR) is 119 cm³/mol. The maximum atomic E-state index is 12.1. The molecule has 0 radical (unpaired) electrons. The van der Waals surface area contributed by atoms with E-state index < -0.39 is 0 Å². The highest BCUT2D eigenvalue weighted by atomic mass is 16.6. The highest BCUT2D eigenvalue weighted by Gasteiger charge is 2.20. The second-order valence-corrected chi connectivity index (χ2v) is 8.47. The van der Waals surface area contributed by atoms with Gasteiger partial charge in [-0.25, -0.2) is 0 Å². The molecule has 2 N–H and O–H groups in total. The van der Waals surface area contributed by atoms with Gasteiger partial charge in [0.25, 0.3) is 5.91 Å². The summed E-state index contributed by atoms with van der Waals surface area (Å²) in [5.41, 5.74) is 6.94.